The predicted molar refractivity (Wildman–Crippen MR) is 25.4 cm³/mol. The molecular formula is C4H9NO2. The van der Waals surface area contributed by atoms with Crippen LogP contribution in [0.1, 0.15) is 13.3 Å². The average molecular weight is 103 g/mol. The summed E-state index contributed by atoms with van der Waals surface area (Å²) in [5, 5.41) is 0. The molecule has 42 valence electrons. The van der Waals surface area contributed by atoms with Gasteiger partial charge < -0.3 is 0 Å². The summed E-state index contributed by atoms with van der Waals surface area (Å²) >= 11 is 0. The fraction of sp³-hybridized carbons (Fsp3) is 0.750. The molecule has 0 bridgehead atoms. The molecule has 1 amide bonds. The molecule has 0 radical (unpaired) electrons. The van der Waals surface area contributed by atoms with Gasteiger partial charge in [0.2, 0.25) is 5.91 Å². The molecule has 7 heavy (non-hydrogen) atoms. The van der Waals surface area contributed by atoms with E-state index in [1.807, 2.05) is 0 Å². The quantitative estimate of drug-likeness (QED) is 0.502. The second-order valence-corrected chi connectivity index (χ2v) is 1.08. The van der Waals surface area contributed by atoms with E-state index in [1.54, 1.807) is 6.92 Å². The van der Waals surface area contributed by atoms with Crippen molar-refractivity contribution < 1.29 is 9.63 Å². The minimum Gasteiger partial charge on any atom is -0.277 e. The molecule has 1 N–H and O–H groups in total. The van der Waals surface area contributed by atoms with Gasteiger partial charge >= 0.3 is 0 Å². The van der Waals surface area contributed by atoms with Crippen molar-refractivity contribution in [1.82, 2.24) is 5.48 Å². The number of carbonyl (C=O) groups is 1. The third-order valence-electron chi connectivity index (χ3n) is 0.537. The van der Waals surface area contributed by atoms with E-state index in [4.69, 9.17) is 0 Å². The van der Waals surface area contributed by atoms with E-state index < -0.39 is 0 Å². The summed E-state index contributed by atoms with van der Waals surface area (Å²) < 4.78 is 0. The molecule has 0 saturated heterocycles. The van der Waals surface area contributed by atoms with Crippen molar-refractivity contribution in [3.05, 3.63) is 0 Å². The zero-order chi connectivity index (χ0) is 5.70. The van der Waals surface area contributed by atoms with Crippen LogP contribution >= 0.6 is 0 Å². The second-order valence-electron chi connectivity index (χ2n) is 1.08. The highest BCUT2D eigenvalue weighted by atomic mass is 16.6. The molecule has 0 unspecified atom stereocenters. The van der Waals surface area contributed by atoms with Crippen LogP contribution in [-0.2, 0) is 9.63 Å². The van der Waals surface area contributed by atoms with Gasteiger partial charge in [0.05, 0.1) is 7.11 Å². The van der Waals surface area contributed by atoms with Crippen LogP contribution in [0.15, 0.2) is 0 Å². The number of rotatable bonds is 2. The van der Waals surface area contributed by atoms with Gasteiger partial charge in [0.15, 0.2) is 0 Å². The molecule has 0 aliphatic carbocycles. The molecule has 0 heterocycles. The Kier molecular flexibility index (Phi) is 3.32. The minimum absolute atomic E-state index is 0.0949. The maximum Gasteiger partial charge on any atom is 0.243 e. The summed E-state index contributed by atoms with van der Waals surface area (Å²) in [6, 6.07) is 0. The van der Waals surface area contributed by atoms with E-state index in [2.05, 4.69) is 10.3 Å². The Bertz CT molecular complexity index is 62.7. The van der Waals surface area contributed by atoms with Crippen LogP contribution in [0.3, 0.4) is 0 Å². The Morgan fingerprint density at radius 3 is 2.57 bits per heavy atom. The lowest BCUT2D eigenvalue weighted by atomic mass is 10.5. The molecule has 3 heteroatoms. The molecule has 0 aromatic heterocycles. The largest absolute Gasteiger partial charge is 0.277 e. The zero-order valence-electron chi connectivity index (χ0n) is 4.52. The fourth-order valence-electron chi connectivity index (χ4n) is 0.186. The SMILES string of the molecule is CCC(=O)NOC. The van der Waals surface area contributed by atoms with Crippen LogP contribution in [0.25, 0.3) is 0 Å². The van der Waals surface area contributed by atoms with Crippen molar-refractivity contribution in [3.8, 4) is 0 Å². The summed E-state index contributed by atoms with van der Waals surface area (Å²) in [7, 11) is 1.41. The maximum absolute atomic E-state index is 10.2. The third kappa shape index (κ3) is 3.26. The number of carbonyl (C=O) groups excluding carboxylic acids is 1. The molecule has 0 fully saturated rings. The van der Waals surface area contributed by atoms with E-state index in [0.29, 0.717) is 6.42 Å². The van der Waals surface area contributed by atoms with Crippen LogP contribution in [0.5, 0.6) is 0 Å². The smallest absolute Gasteiger partial charge is 0.243 e. The van der Waals surface area contributed by atoms with E-state index in [9.17, 15) is 4.79 Å². The Balaban J connectivity index is 3.00. The van der Waals surface area contributed by atoms with Gasteiger partial charge in [0.25, 0.3) is 0 Å². The fourth-order valence-corrected chi connectivity index (χ4v) is 0.186. The molecule has 0 spiro atoms. The molecule has 0 saturated carbocycles. The van der Waals surface area contributed by atoms with Crippen LogP contribution < -0.4 is 5.48 Å². The Labute approximate surface area is 42.6 Å². The standard InChI is InChI=1S/C4H9NO2/c1-3-4(6)5-7-2/h3H2,1-2H3,(H,5,6). The molecule has 0 aromatic carbocycles. The number of hydroxylamine groups is 1. The molecular weight excluding hydrogens is 94.0 g/mol. The molecule has 0 atom stereocenters. The lowest BCUT2D eigenvalue weighted by Crippen LogP contribution is -2.19. The monoisotopic (exact) mass is 103 g/mol. The lowest BCUT2D eigenvalue weighted by molar-refractivity contribution is -0.130. The number of amides is 1. The van der Waals surface area contributed by atoms with Crippen LogP contribution in [0, 0.1) is 0 Å². The van der Waals surface area contributed by atoms with Crippen molar-refractivity contribution >= 4 is 5.91 Å². The van der Waals surface area contributed by atoms with E-state index in [0.717, 1.165) is 0 Å². The van der Waals surface area contributed by atoms with Gasteiger partial charge in [-0.3, -0.25) is 9.63 Å². The van der Waals surface area contributed by atoms with E-state index in [1.165, 1.54) is 7.11 Å². The van der Waals surface area contributed by atoms with Gasteiger partial charge in [0, 0.05) is 6.42 Å². The maximum atomic E-state index is 10.2. The van der Waals surface area contributed by atoms with Crippen LogP contribution in [-0.4, -0.2) is 13.0 Å². The highest BCUT2D eigenvalue weighted by Crippen LogP contribution is 1.71. The van der Waals surface area contributed by atoms with Crippen LogP contribution in [0.2, 0.25) is 0 Å². The molecule has 0 rings (SSSR count). The summed E-state index contributed by atoms with van der Waals surface area (Å²) in [6.45, 7) is 1.76. The van der Waals surface area contributed by atoms with E-state index >= 15 is 0 Å². The van der Waals surface area contributed by atoms with Crippen molar-refractivity contribution in [2.24, 2.45) is 0 Å². The van der Waals surface area contributed by atoms with Gasteiger partial charge in [-0.2, -0.15) is 0 Å². The first-order valence-electron chi connectivity index (χ1n) is 2.13. The van der Waals surface area contributed by atoms with Crippen LogP contribution in [0.4, 0.5) is 0 Å². The molecule has 0 aromatic rings. The summed E-state index contributed by atoms with van der Waals surface area (Å²) in [4.78, 5) is 14.5. The number of hydrogen-bond donors (Lipinski definition) is 1. The zero-order valence-corrected chi connectivity index (χ0v) is 4.52. The van der Waals surface area contributed by atoms with Gasteiger partial charge in [-0.1, -0.05) is 6.92 Å². The minimum atomic E-state index is -0.0949. The molecule has 3 nitrogen and oxygen atoms in total. The average Bonchev–Trinajstić information content (AvgIpc) is 1.68. The number of nitrogens with one attached hydrogen (secondary N) is 1. The highest BCUT2D eigenvalue weighted by Gasteiger charge is 1.89. The highest BCUT2D eigenvalue weighted by molar-refractivity contribution is 5.74. The first kappa shape index (κ1) is 6.43. The molecule has 0 aliphatic heterocycles. The van der Waals surface area contributed by atoms with Gasteiger partial charge in [-0.25, -0.2) is 5.48 Å². The second kappa shape index (κ2) is 3.61. The predicted octanol–water partition coefficient (Wildman–Crippen LogP) is 0.0740. The van der Waals surface area contributed by atoms with Crippen molar-refractivity contribution in [2.45, 2.75) is 13.3 Å². The van der Waals surface area contributed by atoms with Gasteiger partial charge in [0.1, 0.15) is 0 Å². The van der Waals surface area contributed by atoms with Crippen molar-refractivity contribution in [1.29, 1.82) is 0 Å². The Hall–Kier alpha value is -0.570. The first-order valence-corrected chi connectivity index (χ1v) is 2.13. The summed E-state index contributed by atoms with van der Waals surface area (Å²) in [5.74, 6) is -0.0949. The lowest BCUT2D eigenvalue weighted by Gasteiger charge is -1.94. The summed E-state index contributed by atoms with van der Waals surface area (Å²) in [5.41, 5.74) is 2.16. The number of hydrogen-bond acceptors (Lipinski definition) is 2. The summed E-state index contributed by atoms with van der Waals surface area (Å²) in [6.07, 6.45) is 0.466. The first-order chi connectivity index (χ1) is 3.31. The van der Waals surface area contributed by atoms with Crippen molar-refractivity contribution in [2.75, 3.05) is 7.11 Å². The Morgan fingerprint density at radius 1 is 1.86 bits per heavy atom. The topological polar surface area (TPSA) is 38.3 Å². The molecule has 0 aliphatic rings. The third-order valence-corrected chi connectivity index (χ3v) is 0.537. The van der Waals surface area contributed by atoms with E-state index in [-0.39, 0.29) is 5.91 Å². The van der Waals surface area contributed by atoms with Gasteiger partial charge in [-0.05, 0) is 0 Å². The Morgan fingerprint density at radius 2 is 2.43 bits per heavy atom. The van der Waals surface area contributed by atoms with Crippen molar-refractivity contribution in [3.63, 3.8) is 0 Å². The normalized spacial score (nSPS) is 8.29. The van der Waals surface area contributed by atoms with Gasteiger partial charge in [-0.15, -0.1) is 0 Å².